The Labute approximate surface area is 125 Å². The lowest BCUT2D eigenvalue weighted by molar-refractivity contribution is -0.154. The highest BCUT2D eigenvalue weighted by Crippen LogP contribution is 2.39. The highest BCUT2D eigenvalue weighted by atomic mass is 16.4. The van der Waals surface area contributed by atoms with Crippen molar-refractivity contribution in [1.82, 2.24) is 5.32 Å². The van der Waals surface area contributed by atoms with Crippen molar-refractivity contribution in [3.05, 3.63) is 35.4 Å². The second kappa shape index (κ2) is 6.74. The molecule has 2 rings (SSSR count). The van der Waals surface area contributed by atoms with Gasteiger partial charge in [-0.25, -0.2) is 0 Å². The van der Waals surface area contributed by atoms with E-state index in [4.69, 9.17) is 0 Å². The second-order valence-electron chi connectivity index (χ2n) is 6.09. The van der Waals surface area contributed by atoms with Gasteiger partial charge in [0.2, 0.25) is 5.91 Å². The monoisotopic (exact) mass is 289 g/mol. The van der Waals surface area contributed by atoms with Crippen LogP contribution in [0.5, 0.6) is 0 Å². The highest BCUT2D eigenvalue weighted by molar-refractivity contribution is 5.85. The summed E-state index contributed by atoms with van der Waals surface area (Å²) >= 11 is 0. The van der Waals surface area contributed by atoms with Crippen LogP contribution in [0, 0.1) is 12.3 Å². The molecule has 4 nitrogen and oxygen atoms in total. The van der Waals surface area contributed by atoms with Gasteiger partial charge in [0.15, 0.2) is 0 Å². The standard InChI is InChI=1S/C17H23NO3/c1-13-5-7-14(8-6-13)12-18-15(19)11-17(16(20)21)9-3-2-4-10-17/h5-8H,2-4,9-12H2,1H3,(H,18,19)(H,20,21). The zero-order chi connectivity index (χ0) is 15.3. The van der Waals surface area contributed by atoms with Gasteiger partial charge in [0.25, 0.3) is 0 Å². The van der Waals surface area contributed by atoms with Crippen molar-refractivity contribution in [2.75, 3.05) is 0 Å². The molecule has 4 heteroatoms. The molecule has 0 aromatic heterocycles. The van der Waals surface area contributed by atoms with Crippen LogP contribution < -0.4 is 5.32 Å². The number of carbonyl (C=O) groups excluding carboxylic acids is 1. The smallest absolute Gasteiger partial charge is 0.310 e. The molecule has 1 saturated carbocycles. The summed E-state index contributed by atoms with van der Waals surface area (Å²) in [7, 11) is 0. The number of hydrogen-bond donors (Lipinski definition) is 2. The van der Waals surface area contributed by atoms with Crippen LogP contribution in [-0.4, -0.2) is 17.0 Å². The summed E-state index contributed by atoms with van der Waals surface area (Å²) < 4.78 is 0. The fourth-order valence-electron chi connectivity index (χ4n) is 2.97. The first kappa shape index (κ1) is 15.5. The van der Waals surface area contributed by atoms with E-state index in [1.165, 1.54) is 5.56 Å². The number of carboxylic acid groups (broad SMARTS) is 1. The van der Waals surface area contributed by atoms with Crippen LogP contribution in [0.4, 0.5) is 0 Å². The van der Waals surface area contributed by atoms with Gasteiger partial charge < -0.3 is 10.4 Å². The first-order valence-electron chi connectivity index (χ1n) is 7.57. The van der Waals surface area contributed by atoms with Crippen LogP contribution in [-0.2, 0) is 16.1 Å². The maximum absolute atomic E-state index is 12.1. The number of aliphatic carboxylic acids is 1. The second-order valence-corrected chi connectivity index (χ2v) is 6.09. The van der Waals surface area contributed by atoms with E-state index in [1.807, 2.05) is 31.2 Å². The molecule has 0 heterocycles. The van der Waals surface area contributed by atoms with Crippen LogP contribution >= 0.6 is 0 Å². The molecule has 0 unspecified atom stereocenters. The quantitative estimate of drug-likeness (QED) is 0.875. The molecular formula is C17H23NO3. The number of hydrogen-bond acceptors (Lipinski definition) is 2. The molecule has 0 radical (unpaired) electrons. The van der Waals surface area contributed by atoms with Gasteiger partial charge in [-0.3, -0.25) is 9.59 Å². The number of carboxylic acids is 1. The predicted molar refractivity (Wildman–Crippen MR) is 80.8 cm³/mol. The van der Waals surface area contributed by atoms with Gasteiger partial charge in [-0.2, -0.15) is 0 Å². The van der Waals surface area contributed by atoms with E-state index >= 15 is 0 Å². The lowest BCUT2D eigenvalue weighted by atomic mass is 9.71. The largest absolute Gasteiger partial charge is 0.481 e. The Balaban J connectivity index is 1.90. The highest BCUT2D eigenvalue weighted by Gasteiger charge is 2.41. The zero-order valence-electron chi connectivity index (χ0n) is 12.5. The number of nitrogens with one attached hydrogen (secondary N) is 1. The molecule has 1 aliphatic carbocycles. The molecule has 0 bridgehead atoms. The molecule has 1 aliphatic rings. The Morgan fingerprint density at radius 1 is 1.14 bits per heavy atom. The van der Waals surface area contributed by atoms with Crippen LogP contribution in [0.1, 0.15) is 49.7 Å². The molecule has 1 amide bonds. The van der Waals surface area contributed by atoms with E-state index in [-0.39, 0.29) is 12.3 Å². The number of carbonyl (C=O) groups is 2. The fraction of sp³-hybridized carbons (Fsp3) is 0.529. The molecule has 0 atom stereocenters. The maximum atomic E-state index is 12.1. The van der Waals surface area contributed by atoms with Crippen molar-refractivity contribution in [2.24, 2.45) is 5.41 Å². The molecule has 0 spiro atoms. The lowest BCUT2D eigenvalue weighted by Gasteiger charge is -2.32. The molecule has 1 aromatic carbocycles. The van der Waals surface area contributed by atoms with Crippen molar-refractivity contribution >= 4 is 11.9 Å². The van der Waals surface area contributed by atoms with Gasteiger partial charge in [0, 0.05) is 13.0 Å². The Bertz CT molecular complexity index is 501. The normalized spacial score (nSPS) is 17.2. The first-order valence-corrected chi connectivity index (χ1v) is 7.57. The average Bonchev–Trinajstić information content (AvgIpc) is 2.47. The fourth-order valence-corrected chi connectivity index (χ4v) is 2.97. The first-order chi connectivity index (χ1) is 10.0. The summed E-state index contributed by atoms with van der Waals surface area (Å²) in [4.78, 5) is 23.6. The minimum atomic E-state index is -0.852. The molecule has 0 aliphatic heterocycles. The van der Waals surface area contributed by atoms with Gasteiger partial charge in [-0.05, 0) is 25.3 Å². The van der Waals surface area contributed by atoms with E-state index in [0.29, 0.717) is 19.4 Å². The Hall–Kier alpha value is -1.84. The van der Waals surface area contributed by atoms with Crippen LogP contribution in [0.3, 0.4) is 0 Å². The number of amides is 1. The minimum Gasteiger partial charge on any atom is -0.481 e. The van der Waals surface area contributed by atoms with E-state index in [0.717, 1.165) is 24.8 Å². The predicted octanol–water partition coefficient (Wildman–Crippen LogP) is 3.04. The van der Waals surface area contributed by atoms with Crippen molar-refractivity contribution in [2.45, 2.75) is 52.0 Å². The van der Waals surface area contributed by atoms with Gasteiger partial charge >= 0.3 is 5.97 Å². The summed E-state index contributed by atoms with van der Waals surface area (Å²) in [6, 6.07) is 7.95. The lowest BCUT2D eigenvalue weighted by Crippen LogP contribution is -2.39. The number of aryl methyl sites for hydroxylation is 1. The molecular weight excluding hydrogens is 266 g/mol. The summed E-state index contributed by atoms with van der Waals surface area (Å²) in [6.07, 6.45) is 4.18. The van der Waals surface area contributed by atoms with Crippen molar-refractivity contribution in [3.8, 4) is 0 Å². The molecule has 114 valence electrons. The Morgan fingerprint density at radius 2 is 1.76 bits per heavy atom. The minimum absolute atomic E-state index is 0.0915. The third kappa shape index (κ3) is 4.06. The SMILES string of the molecule is Cc1ccc(CNC(=O)CC2(C(=O)O)CCCCC2)cc1. The number of benzene rings is 1. The molecule has 1 fully saturated rings. The van der Waals surface area contributed by atoms with Gasteiger partial charge in [-0.15, -0.1) is 0 Å². The molecule has 2 N–H and O–H groups in total. The van der Waals surface area contributed by atoms with E-state index in [9.17, 15) is 14.7 Å². The summed E-state index contributed by atoms with van der Waals surface area (Å²) in [6.45, 7) is 2.47. The molecule has 1 aromatic rings. The zero-order valence-corrected chi connectivity index (χ0v) is 12.5. The summed E-state index contributed by atoms with van der Waals surface area (Å²) in [5, 5.41) is 12.3. The molecule has 21 heavy (non-hydrogen) atoms. The van der Waals surface area contributed by atoms with Crippen molar-refractivity contribution in [1.29, 1.82) is 0 Å². The van der Waals surface area contributed by atoms with Crippen LogP contribution in [0.2, 0.25) is 0 Å². The van der Waals surface area contributed by atoms with E-state index < -0.39 is 11.4 Å². The van der Waals surface area contributed by atoms with Crippen molar-refractivity contribution in [3.63, 3.8) is 0 Å². The van der Waals surface area contributed by atoms with E-state index in [1.54, 1.807) is 0 Å². The summed E-state index contributed by atoms with van der Waals surface area (Å²) in [5.41, 5.74) is 1.36. The van der Waals surface area contributed by atoms with Crippen LogP contribution in [0.15, 0.2) is 24.3 Å². The van der Waals surface area contributed by atoms with Crippen LogP contribution in [0.25, 0.3) is 0 Å². The molecule has 0 saturated heterocycles. The third-order valence-electron chi connectivity index (χ3n) is 4.37. The van der Waals surface area contributed by atoms with Gasteiger partial charge in [0.1, 0.15) is 0 Å². The summed E-state index contributed by atoms with van der Waals surface area (Å²) in [5.74, 6) is -0.993. The topological polar surface area (TPSA) is 66.4 Å². The maximum Gasteiger partial charge on any atom is 0.310 e. The number of rotatable bonds is 5. The van der Waals surface area contributed by atoms with Crippen molar-refractivity contribution < 1.29 is 14.7 Å². The average molecular weight is 289 g/mol. The van der Waals surface area contributed by atoms with Gasteiger partial charge in [-0.1, -0.05) is 49.1 Å². The Morgan fingerprint density at radius 3 is 2.33 bits per heavy atom. The van der Waals surface area contributed by atoms with Gasteiger partial charge in [0.05, 0.1) is 5.41 Å². The third-order valence-corrected chi connectivity index (χ3v) is 4.37. The van der Waals surface area contributed by atoms with E-state index in [2.05, 4.69) is 5.32 Å². The Kier molecular flexibility index (Phi) is 4.99.